The van der Waals surface area contributed by atoms with Gasteiger partial charge in [-0.25, -0.2) is 4.39 Å². The van der Waals surface area contributed by atoms with E-state index in [-0.39, 0.29) is 5.82 Å². The van der Waals surface area contributed by atoms with Crippen LogP contribution in [0.5, 0.6) is 5.75 Å². The molecule has 0 bridgehead atoms. The summed E-state index contributed by atoms with van der Waals surface area (Å²) >= 11 is 0. The van der Waals surface area contributed by atoms with Crippen molar-refractivity contribution in [2.45, 2.75) is 25.0 Å². The first-order valence-electron chi connectivity index (χ1n) is 6.42. The minimum Gasteiger partial charge on any atom is -0.490 e. The SMILES string of the molecule is OC(c1ccc(OC2CC2)cc1)c1cccc(F)c1. The molecule has 2 aromatic rings. The van der Waals surface area contributed by atoms with Crippen LogP contribution >= 0.6 is 0 Å². The lowest BCUT2D eigenvalue weighted by atomic mass is 10.0. The molecule has 1 saturated carbocycles. The van der Waals surface area contributed by atoms with Gasteiger partial charge in [-0.05, 0) is 48.2 Å². The Kier molecular flexibility index (Phi) is 3.22. The Morgan fingerprint density at radius 3 is 2.42 bits per heavy atom. The maximum absolute atomic E-state index is 13.1. The van der Waals surface area contributed by atoms with Gasteiger partial charge in [-0.1, -0.05) is 24.3 Å². The van der Waals surface area contributed by atoms with E-state index in [0.717, 1.165) is 24.2 Å². The van der Waals surface area contributed by atoms with Crippen molar-refractivity contribution < 1.29 is 14.2 Å². The van der Waals surface area contributed by atoms with Crippen molar-refractivity contribution in [2.75, 3.05) is 0 Å². The van der Waals surface area contributed by atoms with E-state index in [1.807, 2.05) is 24.3 Å². The summed E-state index contributed by atoms with van der Waals surface area (Å²) in [5.74, 6) is 0.475. The fourth-order valence-electron chi connectivity index (χ4n) is 1.98. The summed E-state index contributed by atoms with van der Waals surface area (Å²) in [7, 11) is 0. The standard InChI is InChI=1S/C16H15FO2/c17-13-3-1-2-12(10-13)16(18)11-4-6-14(7-5-11)19-15-8-9-15/h1-7,10,15-16,18H,8-9H2. The smallest absolute Gasteiger partial charge is 0.123 e. The number of hydrogen-bond donors (Lipinski definition) is 1. The summed E-state index contributed by atoms with van der Waals surface area (Å²) in [5.41, 5.74) is 1.28. The van der Waals surface area contributed by atoms with E-state index < -0.39 is 6.10 Å². The first-order valence-corrected chi connectivity index (χ1v) is 6.42. The third kappa shape index (κ3) is 2.93. The van der Waals surface area contributed by atoms with Crippen molar-refractivity contribution in [2.24, 2.45) is 0 Å². The van der Waals surface area contributed by atoms with Gasteiger partial charge in [0.25, 0.3) is 0 Å². The number of halogens is 1. The largest absolute Gasteiger partial charge is 0.490 e. The van der Waals surface area contributed by atoms with Crippen LogP contribution < -0.4 is 4.74 Å². The van der Waals surface area contributed by atoms with Gasteiger partial charge < -0.3 is 9.84 Å². The Bertz CT molecular complexity index is 561. The molecule has 1 N–H and O–H groups in total. The fourth-order valence-corrected chi connectivity index (χ4v) is 1.98. The molecular formula is C16H15FO2. The molecule has 2 aromatic carbocycles. The van der Waals surface area contributed by atoms with Gasteiger partial charge in [-0.15, -0.1) is 0 Å². The maximum Gasteiger partial charge on any atom is 0.123 e. The van der Waals surface area contributed by atoms with Gasteiger partial charge in [0.1, 0.15) is 17.7 Å². The molecule has 1 atom stereocenters. The van der Waals surface area contributed by atoms with Gasteiger partial charge in [0, 0.05) is 0 Å². The molecule has 2 nitrogen and oxygen atoms in total. The lowest BCUT2D eigenvalue weighted by molar-refractivity contribution is 0.219. The van der Waals surface area contributed by atoms with Crippen molar-refractivity contribution >= 4 is 0 Å². The molecule has 1 aliphatic rings. The Morgan fingerprint density at radius 2 is 1.79 bits per heavy atom. The molecule has 1 unspecified atom stereocenters. The molecule has 3 rings (SSSR count). The highest BCUT2D eigenvalue weighted by atomic mass is 19.1. The van der Waals surface area contributed by atoms with Crippen LogP contribution in [0.1, 0.15) is 30.1 Å². The van der Waals surface area contributed by atoms with Gasteiger partial charge in [-0.2, -0.15) is 0 Å². The van der Waals surface area contributed by atoms with Crippen LogP contribution in [0.3, 0.4) is 0 Å². The first kappa shape index (κ1) is 12.2. The number of ether oxygens (including phenoxy) is 1. The Labute approximate surface area is 111 Å². The van der Waals surface area contributed by atoms with Crippen molar-refractivity contribution in [3.05, 3.63) is 65.5 Å². The Hall–Kier alpha value is -1.87. The van der Waals surface area contributed by atoms with Crippen molar-refractivity contribution in [1.29, 1.82) is 0 Å². The van der Waals surface area contributed by atoms with E-state index in [4.69, 9.17) is 4.74 Å². The summed E-state index contributed by atoms with van der Waals surface area (Å²) in [6.07, 6.45) is 1.78. The quantitative estimate of drug-likeness (QED) is 0.910. The Morgan fingerprint density at radius 1 is 1.05 bits per heavy atom. The zero-order valence-corrected chi connectivity index (χ0v) is 10.4. The molecule has 0 aromatic heterocycles. The molecule has 0 saturated heterocycles. The molecule has 19 heavy (non-hydrogen) atoms. The number of rotatable bonds is 4. The zero-order valence-electron chi connectivity index (χ0n) is 10.4. The highest BCUT2D eigenvalue weighted by Gasteiger charge is 2.23. The van der Waals surface area contributed by atoms with E-state index in [2.05, 4.69) is 0 Å². The van der Waals surface area contributed by atoms with Gasteiger partial charge in [-0.3, -0.25) is 0 Å². The summed E-state index contributed by atoms with van der Waals surface area (Å²) in [6.45, 7) is 0. The van der Waals surface area contributed by atoms with Crippen LogP contribution in [0.4, 0.5) is 4.39 Å². The minimum absolute atomic E-state index is 0.342. The second-order valence-electron chi connectivity index (χ2n) is 4.84. The highest BCUT2D eigenvalue weighted by molar-refractivity contribution is 5.34. The van der Waals surface area contributed by atoms with Crippen LogP contribution in [0.25, 0.3) is 0 Å². The van der Waals surface area contributed by atoms with E-state index in [1.165, 1.54) is 12.1 Å². The third-order valence-corrected chi connectivity index (χ3v) is 3.19. The predicted molar refractivity (Wildman–Crippen MR) is 70.6 cm³/mol. The third-order valence-electron chi connectivity index (χ3n) is 3.19. The molecule has 0 radical (unpaired) electrons. The van der Waals surface area contributed by atoms with Crippen LogP contribution in [0, 0.1) is 5.82 Å². The fraction of sp³-hybridized carbons (Fsp3) is 0.250. The van der Waals surface area contributed by atoms with Crippen molar-refractivity contribution in [1.82, 2.24) is 0 Å². The van der Waals surface area contributed by atoms with Gasteiger partial charge in [0.05, 0.1) is 6.10 Å². The van der Waals surface area contributed by atoms with Crippen LogP contribution in [-0.4, -0.2) is 11.2 Å². The predicted octanol–water partition coefficient (Wildman–Crippen LogP) is 3.45. The highest BCUT2D eigenvalue weighted by Crippen LogP contribution is 2.29. The number of hydrogen-bond acceptors (Lipinski definition) is 2. The zero-order chi connectivity index (χ0) is 13.2. The molecule has 1 aliphatic carbocycles. The average Bonchev–Trinajstić information content (AvgIpc) is 3.23. The van der Waals surface area contributed by atoms with Crippen LogP contribution in [0.15, 0.2) is 48.5 Å². The summed E-state index contributed by atoms with van der Waals surface area (Å²) in [4.78, 5) is 0. The molecule has 0 spiro atoms. The van der Waals surface area contributed by atoms with Crippen molar-refractivity contribution in [3.63, 3.8) is 0 Å². The maximum atomic E-state index is 13.1. The number of aliphatic hydroxyl groups excluding tert-OH is 1. The second kappa shape index (κ2) is 5.02. The lowest BCUT2D eigenvalue weighted by Crippen LogP contribution is -2.01. The Balaban J connectivity index is 1.77. The normalized spacial score (nSPS) is 16.1. The summed E-state index contributed by atoms with van der Waals surface area (Å²) in [5, 5.41) is 10.2. The van der Waals surface area contributed by atoms with Crippen molar-refractivity contribution in [3.8, 4) is 5.75 Å². The molecule has 0 amide bonds. The van der Waals surface area contributed by atoms with Gasteiger partial charge >= 0.3 is 0 Å². The molecule has 0 heterocycles. The summed E-state index contributed by atoms with van der Waals surface area (Å²) < 4.78 is 18.8. The van der Waals surface area contributed by atoms with Crippen LogP contribution in [-0.2, 0) is 0 Å². The average molecular weight is 258 g/mol. The van der Waals surface area contributed by atoms with Crippen LogP contribution in [0.2, 0.25) is 0 Å². The lowest BCUT2D eigenvalue weighted by Gasteiger charge is -2.12. The monoisotopic (exact) mass is 258 g/mol. The summed E-state index contributed by atoms with van der Waals surface area (Å²) in [6, 6.07) is 13.3. The van der Waals surface area contributed by atoms with E-state index in [0.29, 0.717) is 11.7 Å². The van der Waals surface area contributed by atoms with E-state index in [1.54, 1.807) is 12.1 Å². The molecule has 98 valence electrons. The van der Waals surface area contributed by atoms with E-state index >= 15 is 0 Å². The van der Waals surface area contributed by atoms with E-state index in [9.17, 15) is 9.50 Å². The van der Waals surface area contributed by atoms with Gasteiger partial charge in [0.15, 0.2) is 0 Å². The topological polar surface area (TPSA) is 29.5 Å². The molecule has 3 heteroatoms. The molecular weight excluding hydrogens is 243 g/mol. The first-order chi connectivity index (χ1) is 9.22. The number of benzene rings is 2. The molecule has 1 fully saturated rings. The second-order valence-corrected chi connectivity index (χ2v) is 4.84. The molecule has 0 aliphatic heterocycles. The minimum atomic E-state index is -0.814. The number of aliphatic hydroxyl groups is 1. The van der Waals surface area contributed by atoms with Gasteiger partial charge in [0.2, 0.25) is 0 Å².